The van der Waals surface area contributed by atoms with Gasteiger partial charge in [0, 0.05) is 12.6 Å². The van der Waals surface area contributed by atoms with Crippen LogP contribution in [0.15, 0.2) is 24.3 Å². The molecule has 4 unspecified atom stereocenters. The van der Waals surface area contributed by atoms with Crippen molar-refractivity contribution in [2.24, 2.45) is 11.8 Å². The van der Waals surface area contributed by atoms with Crippen molar-refractivity contribution in [3.05, 3.63) is 29.8 Å². The summed E-state index contributed by atoms with van der Waals surface area (Å²) < 4.78 is 10.4. The van der Waals surface area contributed by atoms with E-state index in [0.29, 0.717) is 12.3 Å². The Labute approximate surface area is 152 Å². The van der Waals surface area contributed by atoms with Gasteiger partial charge in [0.25, 0.3) is 0 Å². The molecule has 2 heterocycles. The van der Waals surface area contributed by atoms with Crippen molar-refractivity contribution in [3.63, 3.8) is 0 Å². The Morgan fingerprint density at radius 3 is 2.38 bits per heavy atom. The number of fused-ring (bicyclic) bond motifs is 1. The molecule has 1 aromatic rings. The summed E-state index contributed by atoms with van der Waals surface area (Å²) >= 11 is 0. The maximum absolute atomic E-state index is 12.9. The first-order chi connectivity index (χ1) is 12.4. The van der Waals surface area contributed by atoms with Crippen molar-refractivity contribution >= 4 is 17.8 Å². The number of nitrogens with zero attached hydrogens (tertiary/aromatic N) is 1. The number of hydrogen-bond donors (Lipinski definition) is 1. The first-order valence-corrected chi connectivity index (χ1v) is 8.83. The van der Waals surface area contributed by atoms with E-state index in [0.717, 1.165) is 5.56 Å². The largest absolute Gasteiger partial charge is 0.497 e. The molecule has 140 valence electrons. The van der Waals surface area contributed by atoms with E-state index in [2.05, 4.69) is 5.32 Å². The van der Waals surface area contributed by atoms with Crippen LogP contribution in [0.4, 0.5) is 0 Å². The molecule has 2 amide bonds. The van der Waals surface area contributed by atoms with E-state index in [-0.39, 0.29) is 18.4 Å². The van der Waals surface area contributed by atoms with Crippen molar-refractivity contribution in [2.75, 3.05) is 20.3 Å². The Balaban J connectivity index is 2.04. The van der Waals surface area contributed by atoms with Crippen LogP contribution in [0.25, 0.3) is 0 Å². The van der Waals surface area contributed by atoms with Crippen LogP contribution >= 0.6 is 0 Å². The average molecular weight is 360 g/mol. The van der Waals surface area contributed by atoms with Gasteiger partial charge in [-0.25, -0.2) is 0 Å². The van der Waals surface area contributed by atoms with E-state index in [9.17, 15) is 14.4 Å². The summed E-state index contributed by atoms with van der Waals surface area (Å²) in [5, 5.41) is 3.23. The Morgan fingerprint density at radius 2 is 1.85 bits per heavy atom. The van der Waals surface area contributed by atoms with Gasteiger partial charge >= 0.3 is 5.97 Å². The van der Waals surface area contributed by atoms with Gasteiger partial charge in [0.2, 0.25) is 11.8 Å². The monoisotopic (exact) mass is 360 g/mol. The molecule has 0 bridgehead atoms. The van der Waals surface area contributed by atoms with Gasteiger partial charge in [-0.1, -0.05) is 12.1 Å². The number of ether oxygens (including phenoxy) is 2. The predicted octanol–water partition coefficient (Wildman–Crippen LogP) is 1.28. The molecular formula is C19H24N2O5. The molecule has 3 rings (SSSR count). The van der Waals surface area contributed by atoms with E-state index in [1.807, 2.05) is 12.1 Å². The first kappa shape index (κ1) is 18.4. The molecule has 0 aliphatic carbocycles. The van der Waals surface area contributed by atoms with Gasteiger partial charge in [-0.2, -0.15) is 0 Å². The number of imide groups is 1. The minimum absolute atomic E-state index is 0.209. The molecule has 0 saturated carbocycles. The maximum Gasteiger partial charge on any atom is 0.326 e. The van der Waals surface area contributed by atoms with Gasteiger partial charge in [0.05, 0.1) is 25.6 Å². The Hall–Kier alpha value is -2.41. The van der Waals surface area contributed by atoms with Gasteiger partial charge in [0.15, 0.2) is 0 Å². The number of amides is 2. The topological polar surface area (TPSA) is 84.9 Å². The number of rotatable bonds is 5. The quantitative estimate of drug-likeness (QED) is 0.629. The molecule has 1 N–H and O–H groups in total. The lowest BCUT2D eigenvalue weighted by Gasteiger charge is -2.28. The van der Waals surface area contributed by atoms with Crippen molar-refractivity contribution in [2.45, 2.75) is 32.4 Å². The van der Waals surface area contributed by atoms with Gasteiger partial charge in [-0.15, -0.1) is 0 Å². The van der Waals surface area contributed by atoms with E-state index >= 15 is 0 Å². The Kier molecular flexibility index (Phi) is 4.75. The van der Waals surface area contributed by atoms with Crippen LogP contribution in [-0.2, 0) is 19.1 Å². The normalized spacial score (nSPS) is 30.5. The highest BCUT2D eigenvalue weighted by Crippen LogP contribution is 2.49. The summed E-state index contributed by atoms with van der Waals surface area (Å²) in [6.07, 6.45) is 0. The van der Waals surface area contributed by atoms with Gasteiger partial charge in [-0.05, 0) is 38.5 Å². The fourth-order valence-corrected chi connectivity index (χ4v) is 4.08. The van der Waals surface area contributed by atoms with Crippen molar-refractivity contribution < 1.29 is 23.9 Å². The van der Waals surface area contributed by atoms with Crippen molar-refractivity contribution in [1.29, 1.82) is 0 Å². The molecule has 1 aromatic carbocycles. The lowest BCUT2D eigenvalue weighted by Crippen LogP contribution is -2.54. The third kappa shape index (κ3) is 2.58. The first-order valence-electron chi connectivity index (χ1n) is 8.83. The fourth-order valence-electron chi connectivity index (χ4n) is 4.08. The number of carbonyl (C=O) groups excluding carboxylic acids is 3. The predicted molar refractivity (Wildman–Crippen MR) is 93.3 cm³/mol. The molecule has 7 heteroatoms. The summed E-state index contributed by atoms with van der Waals surface area (Å²) in [6.45, 7) is 5.62. The number of methoxy groups -OCH3 is 1. The van der Waals surface area contributed by atoms with Gasteiger partial charge in [-0.3, -0.25) is 24.6 Å². The lowest BCUT2D eigenvalue weighted by atomic mass is 9.80. The van der Waals surface area contributed by atoms with Gasteiger partial charge < -0.3 is 9.47 Å². The number of esters is 1. The molecule has 2 saturated heterocycles. The molecule has 2 fully saturated rings. The van der Waals surface area contributed by atoms with E-state index in [4.69, 9.17) is 9.47 Å². The highest BCUT2D eigenvalue weighted by atomic mass is 16.5. The molecule has 0 radical (unpaired) electrons. The van der Waals surface area contributed by atoms with Crippen LogP contribution in [0.2, 0.25) is 0 Å². The smallest absolute Gasteiger partial charge is 0.326 e. The highest BCUT2D eigenvalue weighted by molar-refractivity contribution is 6.09. The van der Waals surface area contributed by atoms with E-state index in [1.165, 1.54) is 4.90 Å². The summed E-state index contributed by atoms with van der Waals surface area (Å²) in [5.74, 6) is -1.79. The average Bonchev–Trinajstić information content (AvgIpc) is 3.09. The zero-order valence-electron chi connectivity index (χ0n) is 15.4. The third-order valence-electron chi connectivity index (χ3n) is 5.37. The van der Waals surface area contributed by atoms with E-state index < -0.39 is 29.4 Å². The third-order valence-corrected chi connectivity index (χ3v) is 5.37. The zero-order valence-corrected chi connectivity index (χ0v) is 15.4. The van der Waals surface area contributed by atoms with E-state index in [1.54, 1.807) is 40.0 Å². The summed E-state index contributed by atoms with van der Waals surface area (Å²) in [6, 6.07) is 6.83. The summed E-state index contributed by atoms with van der Waals surface area (Å²) in [5.41, 5.74) is -0.421. The van der Waals surface area contributed by atoms with Crippen LogP contribution in [0.5, 0.6) is 5.75 Å². The fraction of sp³-hybridized carbons (Fsp3) is 0.526. The number of hydrogen-bond acceptors (Lipinski definition) is 6. The molecular weight excluding hydrogens is 336 g/mol. The standard InChI is InChI=1S/C19H24N2O5/c1-5-21-16(22)13-14(17(21)23)19(3,18(24)26-6-2)20-15(13)11-7-9-12(25-4)10-8-11/h7-10,13-15,20H,5-6H2,1-4H3. The van der Waals surface area contributed by atoms with Crippen molar-refractivity contribution in [1.82, 2.24) is 10.2 Å². The van der Waals surface area contributed by atoms with Crippen LogP contribution in [-0.4, -0.2) is 48.5 Å². The zero-order chi connectivity index (χ0) is 19.1. The number of benzene rings is 1. The molecule has 0 spiro atoms. The number of nitrogens with one attached hydrogen (secondary N) is 1. The van der Waals surface area contributed by atoms with Gasteiger partial charge in [0.1, 0.15) is 11.3 Å². The molecule has 2 aliphatic rings. The number of likely N-dealkylation sites (tertiary alicyclic amines) is 1. The SMILES string of the molecule is CCOC(=O)C1(C)NC(c2ccc(OC)cc2)C2C(=O)N(CC)C(=O)C21. The molecule has 4 atom stereocenters. The summed E-state index contributed by atoms with van der Waals surface area (Å²) in [7, 11) is 1.58. The molecule has 26 heavy (non-hydrogen) atoms. The molecule has 2 aliphatic heterocycles. The Bertz CT molecular complexity index is 732. The molecule has 7 nitrogen and oxygen atoms in total. The second-order valence-electron chi connectivity index (χ2n) is 6.74. The minimum atomic E-state index is -1.25. The van der Waals surface area contributed by atoms with Crippen LogP contribution < -0.4 is 10.1 Å². The van der Waals surface area contributed by atoms with Crippen molar-refractivity contribution in [3.8, 4) is 5.75 Å². The van der Waals surface area contributed by atoms with Crippen LogP contribution in [0, 0.1) is 11.8 Å². The second kappa shape index (κ2) is 6.72. The summed E-state index contributed by atoms with van der Waals surface area (Å²) in [4.78, 5) is 39.6. The van der Waals surface area contributed by atoms with Crippen LogP contribution in [0.3, 0.4) is 0 Å². The maximum atomic E-state index is 12.9. The Morgan fingerprint density at radius 1 is 1.19 bits per heavy atom. The molecule has 0 aromatic heterocycles. The second-order valence-corrected chi connectivity index (χ2v) is 6.74. The van der Waals surface area contributed by atoms with Crippen LogP contribution in [0.1, 0.15) is 32.4 Å². The minimum Gasteiger partial charge on any atom is -0.497 e. The lowest BCUT2D eigenvalue weighted by molar-refractivity contribution is -0.155. The number of carbonyl (C=O) groups is 3. The highest BCUT2D eigenvalue weighted by Gasteiger charge is 2.66.